The largest absolute Gasteiger partial charge is 0.388 e. The van der Waals surface area contributed by atoms with E-state index < -0.39 is 6.10 Å². The lowest BCUT2D eigenvalue weighted by atomic mass is 10.1. The molecule has 1 atom stereocenters. The van der Waals surface area contributed by atoms with Crippen LogP contribution in [0.1, 0.15) is 24.2 Å². The number of aliphatic hydroxyl groups excluding tert-OH is 1. The minimum absolute atomic E-state index is 0.433. The molecule has 1 nitrogen and oxygen atoms in total. The number of hydrogen-bond donors (Lipinski definition) is 1. The van der Waals surface area contributed by atoms with Crippen molar-refractivity contribution < 1.29 is 5.11 Å². The van der Waals surface area contributed by atoms with Gasteiger partial charge in [-0.25, -0.2) is 0 Å². The van der Waals surface area contributed by atoms with Crippen LogP contribution in [0.2, 0.25) is 0 Å². The zero-order chi connectivity index (χ0) is 7.56. The van der Waals surface area contributed by atoms with E-state index in [2.05, 4.69) is 12.1 Å². The van der Waals surface area contributed by atoms with Gasteiger partial charge in [0.1, 0.15) is 0 Å². The second kappa shape index (κ2) is 2.72. The van der Waals surface area contributed by atoms with Crippen LogP contribution in [-0.4, -0.2) is 5.11 Å². The molecule has 0 aromatic heterocycles. The molecular formula is C9H10O. The van der Waals surface area contributed by atoms with Crippen LogP contribution in [0.3, 0.4) is 0 Å². The zero-order valence-corrected chi connectivity index (χ0v) is 6.18. The molecule has 1 heteroatoms. The molecule has 10 heavy (non-hydrogen) atoms. The van der Waals surface area contributed by atoms with Crippen molar-refractivity contribution in [3.05, 3.63) is 35.4 Å². The minimum Gasteiger partial charge on any atom is -0.388 e. The number of aliphatic hydroxyl groups is 1. The monoisotopic (exact) mass is 134 g/mol. The van der Waals surface area contributed by atoms with Crippen LogP contribution in [0.4, 0.5) is 0 Å². The van der Waals surface area contributed by atoms with Crippen molar-refractivity contribution in [1.29, 1.82) is 0 Å². The summed E-state index contributed by atoms with van der Waals surface area (Å²) in [6, 6.07) is 9.37. The van der Waals surface area contributed by atoms with Gasteiger partial charge in [0.05, 0.1) is 6.10 Å². The fourth-order valence-electron chi connectivity index (χ4n) is 0.908. The Hall–Kier alpha value is -1.00. The third kappa shape index (κ3) is 1.29. The average Bonchev–Trinajstić information content (AvgIpc) is 1.88. The highest BCUT2D eigenvalue weighted by Crippen LogP contribution is 2.12. The zero-order valence-electron chi connectivity index (χ0n) is 6.18. The van der Waals surface area contributed by atoms with Crippen molar-refractivity contribution in [1.82, 2.24) is 0 Å². The molecule has 1 aromatic carbocycles. The molecule has 52 valence electrons. The summed E-state index contributed by atoms with van der Waals surface area (Å²) < 4.78 is 0. The van der Waals surface area contributed by atoms with Crippen LogP contribution in [-0.2, 0) is 0 Å². The highest BCUT2D eigenvalue weighted by Gasteiger charge is 2.01. The first-order valence-electron chi connectivity index (χ1n) is 3.28. The molecule has 0 unspecified atom stereocenters. The average molecular weight is 134 g/mol. The van der Waals surface area contributed by atoms with Gasteiger partial charge in [-0.3, -0.25) is 0 Å². The van der Waals surface area contributed by atoms with Gasteiger partial charge in [0.25, 0.3) is 0 Å². The first kappa shape index (κ1) is 7.11. The van der Waals surface area contributed by atoms with Crippen molar-refractivity contribution in [2.24, 2.45) is 0 Å². The second-order valence-electron chi connectivity index (χ2n) is 2.38. The molecule has 0 spiro atoms. The lowest BCUT2D eigenvalue weighted by Gasteiger charge is -2.02. The van der Waals surface area contributed by atoms with Gasteiger partial charge in [0, 0.05) is 5.56 Å². The molecule has 0 fully saturated rings. The smallest absolute Gasteiger partial charge is 0.0842 e. The number of hydrogen-bond acceptors (Lipinski definition) is 1. The summed E-state index contributed by atoms with van der Waals surface area (Å²) in [5, 5.41) is 9.15. The summed E-state index contributed by atoms with van der Waals surface area (Å²) in [7, 11) is 0. The predicted molar refractivity (Wildman–Crippen MR) is 39.5 cm³/mol. The van der Waals surface area contributed by atoms with E-state index in [1.165, 1.54) is 0 Å². The molecule has 1 rings (SSSR count). The Labute approximate surface area is 61.3 Å². The quantitative estimate of drug-likeness (QED) is 0.619. The molecule has 0 radical (unpaired) electrons. The Kier molecular flexibility index (Phi) is 1.94. The fraction of sp³-hybridized carbons (Fsp3) is 0.333. The van der Waals surface area contributed by atoms with E-state index in [4.69, 9.17) is 5.11 Å². The maximum absolute atomic E-state index is 9.15. The summed E-state index contributed by atoms with van der Waals surface area (Å²) >= 11 is 0. The Morgan fingerprint density at radius 2 is 2.30 bits per heavy atom. The van der Waals surface area contributed by atoms with E-state index in [1.54, 1.807) is 13.0 Å². The van der Waals surface area contributed by atoms with Gasteiger partial charge < -0.3 is 5.11 Å². The fourth-order valence-corrected chi connectivity index (χ4v) is 0.908. The van der Waals surface area contributed by atoms with Crippen molar-refractivity contribution in [2.75, 3.05) is 0 Å². The van der Waals surface area contributed by atoms with Gasteiger partial charge in [0.15, 0.2) is 0 Å². The SMILES string of the molecule is Cc1ccc#cc1[C@H](C)O. The molecule has 0 saturated heterocycles. The van der Waals surface area contributed by atoms with Crippen LogP contribution < -0.4 is 0 Å². The maximum atomic E-state index is 9.15. The van der Waals surface area contributed by atoms with Gasteiger partial charge in [0.2, 0.25) is 0 Å². The summed E-state index contributed by atoms with van der Waals surface area (Å²) in [6.45, 7) is 3.68. The van der Waals surface area contributed by atoms with Crippen molar-refractivity contribution in [3.8, 4) is 0 Å². The summed E-state index contributed by atoms with van der Waals surface area (Å²) in [5.41, 5.74) is 1.90. The van der Waals surface area contributed by atoms with Gasteiger partial charge in [-0.1, -0.05) is 12.1 Å². The molecule has 0 saturated carbocycles. The Morgan fingerprint density at radius 3 is 2.70 bits per heavy atom. The Bertz CT molecular complexity index is 216. The lowest BCUT2D eigenvalue weighted by molar-refractivity contribution is 0.198. The van der Waals surface area contributed by atoms with Crippen LogP contribution in [0.15, 0.2) is 12.1 Å². The van der Waals surface area contributed by atoms with E-state index in [0.717, 1.165) is 11.1 Å². The van der Waals surface area contributed by atoms with E-state index in [9.17, 15) is 0 Å². The molecule has 0 bridgehead atoms. The molecule has 0 aliphatic carbocycles. The number of rotatable bonds is 1. The van der Waals surface area contributed by atoms with Gasteiger partial charge in [-0.15, -0.1) is 0 Å². The summed E-state index contributed by atoms with van der Waals surface area (Å²) in [6.07, 6.45) is -0.433. The van der Waals surface area contributed by atoms with E-state index >= 15 is 0 Å². The van der Waals surface area contributed by atoms with Gasteiger partial charge in [-0.05, 0) is 31.5 Å². The topological polar surface area (TPSA) is 20.2 Å². The molecule has 1 N–H and O–H groups in total. The molecular weight excluding hydrogens is 124 g/mol. The summed E-state index contributed by atoms with van der Waals surface area (Å²) in [4.78, 5) is 0. The minimum atomic E-state index is -0.433. The van der Waals surface area contributed by atoms with Crippen LogP contribution in [0.25, 0.3) is 0 Å². The molecule has 0 amide bonds. The Morgan fingerprint density at radius 1 is 1.60 bits per heavy atom. The van der Waals surface area contributed by atoms with Crippen LogP contribution in [0, 0.1) is 19.1 Å². The highest BCUT2D eigenvalue weighted by atomic mass is 16.3. The second-order valence-corrected chi connectivity index (χ2v) is 2.38. The lowest BCUT2D eigenvalue weighted by Crippen LogP contribution is -1.91. The van der Waals surface area contributed by atoms with E-state index in [0.29, 0.717) is 0 Å². The molecule has 0 aliphatic heterocycles. The van der Waals surface area contributed by atoms with Gasteiger partial charge >= 0.3 is 0 Å². The van der Waals surface area contributed by atoms with Crippen LogP contribution >= 0.6 is 0 Å². The standard InChI is InChI=1S/C9H10O/c1-7-5-3-4-6-9(7)8(2)10/h3,5,8,10H,1-2H3/t8-/m0/s1. The first-order valence-corrected chi connectivity index (χ1v) is 3.28. The highest BCUT2D eigenvalue weighted by molar-refractivity contribution is 5.22. The van der Waals surface area contributed by atoms with Crippen LogP contribution in [0.5, 0.6) is 0 Å². The predicted octanol–water partition coefficient (Wildman–Crippen LogP) is 1.65. The first-order chi connectivity index (χ1) is 4.72. The molecule has 0 aliphatic rings. The van der Waals surface area contributed by atoms with Crippen molar-refractivity contribution >= 4 is 0 Å². The normalized spacial score (nSPS) is 12.3. The Balaban J connectivity index is 3.03. The third-order valence-corrected chi connectivity index (χ3v) is 1.47. The number of aryl methyl sites for hydroxylation is 1. The van der Waals surface area contributed by atoms with Gasteiger partial charge in [-0.2, -0.15) is 0 Å². The van der Waals surface area contributed by atoms with Crippen molar-refractivity contribution in [3.63, 3.8) is 0 Å². The third-order valence-electron chi connectivity index (χ3n) is 1.47. The van der Waals surface area contributed by atoms with Crippen molar-refractivity contribution in [2.45, 2.75) is 20.0 Å². The molecule has 0 heterocycles. The van der Waals surface area contributed by atoms with E-state index in [1.807, 2.05) is 13.0 Å². The maximum Gasteiger partial charge on any atom is 0.0842 e. The molecule has 1 aromatic rings. The summed E-state index contributed by atoms with van der Waals surface area (Å²) in [5.74, 6) is 0. The van der Waals surface area contributed by atoms with E-state index in [-0.39, 0.29) is 0 Å².